The number of aromatic nitrogens is 2. The molecular formula is C23H19F6N3O4. The zero-order valence-corrected chi connectivity index (χ0v) is 18.5. The lowest BCUT2D eigenvalue weighted by Gasteiger charge is -2.26. The van der Waals surface area contributed by atoms with Crippen molar-refractivity contribution >= 4 is 11.6 Å². The van der Waals surface area contributed by atoms with E-state index in [1.807, 2.05) is 0 Å². The fraction of sp³-hybridized carbons (Fsp3) is 0.261. The fourth-order valence-corrected chi connectivity index (χ4v) is 3.25. The van der Waals surface area contributed by atoms with Crippen molar-refractivity contribution in [3.63, 3.8) is 0 Å². The Hall–Kier alpha value is -3.87. The number of halogens is 6. The Kier molecular flexibility index (Phi) is 8.03. The molecule has 1 heterocycles. The molecular weight excluding hydrogens is 496 g/mol. The van der Waals surface area contributed by atoms with E-state index in [2.05, 4.69) is 10.4 Å². The number of alkyl halides is 6. The normalized spacial score (nSPS) is 11.9. The molecule has 0 radical (unpaired) electrons. The van der Waals surface area contributed by atoms with Gasteiger partial charge in [0.05, 0.1) is 0 Å². The van der Waals surface area contributed by atoms with Gasteiger partial charge in [0, 0.05) is 24.5 Å². The number of amides is 1. The van der Waals surface area contributed by atoms with Crippen LogP contribution in [0.1, 0.15) is 15.9 Å². The van der Waals surface area contributed by atoms with Crippen LogP contribution in [0.2, 0.25) is 0 Å². The third kappa shape index (κ3) is 5.51. The van der Waals surface area contributed by atoms with Gasteiger partial charge in [-0.3, -0.25) is 14.3 Å². The molecule has 192 valence electrons. The van der Waals surface area contributed by atoms with Crippen molar-refractivity contribution in [2.24, 2.45) is 7.05 Å². The summed E-state index contributed by atoms with van der Waals surface area (Å²) in [6.07, 6.45) is -9.22. The number of carbonyl (C=O) groups is 1. The Bertz CT molecular complexity index is 1270. The molecule has 36 heavy (non-hydrogen) atoms. The molecule has 0 aliphatic carbocycles. The molecule has 0 saturated heterocycles. The number of rotatable bonds is 9. The van der Waals surface area contributed by atoms with Crippen LogP contribution in [-0.4, -0.2) is 46.7 Å². The van der Waals surface area contributed by atoms with Crippen LogP contribution in [0.4, 0.5) is 32.0 Å². The Labute approximate surface area is 199 Å². The topological polar surface area (TPSA) is 93.5 Å². The maximum atomic E-state index is 13.0. The zero-order valence-electron chi connectivity index (χ0n) is 18.5. The van der Waals surface area contributed by atoms with Gasteiger partial charge in [-0.15, -0.1) is 0 Å². The monoisotopic (exact) mass is 515 g/mol. The average molecular weight is 515 g/mol. The maximum absolute atomic E-state index is 13.0. The van der Waals surface area contributed by atoms with Crippen LogP contribution in [-0.2, 0) is 12.6 Å². The number of hydrogen-bond donors (Lipinski definition) is 2. The third-order valence-corrected chi connectivity index (χ3v) is 5.06. The van der Waals surface area contributed by atoms with Gasteiger partial charge in [0.2, 0.25) is 11.0 Å². The summed E-state index contributed by atoms with van der Waals surface area (Å²) in [6.45, 7) is -0.931. The summed E-state index contributed by atoms with van der Waals surface area (Å²) in [5.74, 6) is -1.00. The summed E-state index contributed by atoms with van der Waals surface area (Å²) in [4.78, 5) is 25.8. The lowest BCUT2D eigenvalue weighted by molar-refractivity contribution is -0.183. The molecule has 0 aliphatic heterocycles. The van der Waals surface area contributed by atoms with Crippen LogP contribution < -0.4 is 15.5 Å². The number of nitrogens with zero attached hydrogens (tertiary/aromatic N) is 2. The van der Waals surface area contributed by atoms with E-state index in [-0.39, 0.29) is 22.7 Å². The van der Waals surface area contributed by atoms with Crippen molar-refractivity contribution in [1.82, 2.24) is 9.78 Å². The third-order valence-electron chi connectivity index (χ3n) is 5.06. The minimum absolute atomic E-state index is 0.0456. The number of carbonyl (C=O) groups excluding carboxylic acids is 1. The molecule has 0 spiro atoms. The van der Waals surface area contributed by atoms with E-state index >= 15 is 0 Å². The van der Waals surface area contributed by atoms with E-state index in [4.69, 9.17) is 4.74 Å². The molecule has 13 heteroatoms. The van der Waals surface area contributed by atoms with Crippen molar-refractivity contribution in [3.05, 3.63) is 76.1 Å². The minimum Gasteiger partial charge on any atom is -0.487 e. The van der Waals surface area contributed by atoms with Crippen molar-refractivity contribution in [2.45, 2.75) is 24.9 Å². The Balaban J connectivity index is 1.92. The van der Waals surface area contributed by atoms with Crippen LogP contribution in [0.5, 0.6) is 5.75 Å². The van der Waals surface area contributed by atoms with Gasteiger partial charge in [-0.05, 0) is 29.8 Å². The number of aryl methyl sites for hydroxylation is 1. The molecule has 0 saturated carbocycles. The lowest BCUT2D eigenvalue weighted by Crippen LogP contribution is -2.41. The van der Waals surface area contributed by atoms with Crippen LogP contribution in [0, 0.1) is 0 Å². The summed E-state index contributed by atoms with van der Waals surface area (Å²) < 4.78 is 83.5. The molecule has 2 N–H and O–H groups in total. The summed E-state index contributed by atoms with van der Waals surface area (Å²) in [5.41, 5.74) is -5.98. The van der Waals surface area contributed by atoms with E-state index in [0.717, 1.165) is 35.1 Å². The largest absolute Gasteiger partial charge is 0.487 e. The van der Waals surface area contributed by atoms with E-state index in [0.29, 0.717) is 0 Å². The summed E-state index contributed by atoms with van der Waals surface area (Å²) >= 11 is 0. The average Bonchev–Trinajstić information content (AvgIpc) is 2.83. The molecule has 1 amide bonds. The number of benzene rings is 2. The molecule has 3 rings (SSSR count). The van der Waals surface area contributed by atoms with Gasteiger partial charge in [0.1, 0.15) is 23.6 Å². The molecule has 0 atom stereocenters. The molecule has 3 aromatic rings. The van der Waals surface area contributed by atoms with E-state index in [9.17, 15) is 41.0 Å². The number of nitrogens with one attached hydrogen (secondary N) is 1. The summed E-state index contributed by atoms with van der Waals surface area (Å²) in [5, 5.41) is 16.1. The number of ether oxygens (including phenoxy) is 1. The number of aliphatic hydroxyl groups is 1. The first-order chi connectivity index (χ1) is 16.9. The van der Waals surface area contributed by atoms with Gasteiger partial charge in [-0.25, -0.2) is 26.3 Å². The predicted octanol–water partition coefficient (Wildman–Crippen LogP) is 4.06. The number of anilines is 1. The first kappa shape index (κ1) is 26.7. The van der Waals surface area contributed by atoms with Crippen LogP contribution in [0.3, 0.4) is 0 Å². The highest BCUT2D eigenvalue weighted by Crippen LogP contribution is 2.35. The van der Waals surface area contributed by atoms with Crippen LogP contribution in [0.25, 0.3) is 11.3 Å². The highest BCUT2D eigenvalue weighted by Gasteiger charge is 2.48. The van der Waals surface area contributed by atoms with Crippen molar-refractivity contribution in [2.75, 3.05) is 11.9 Å². The molecule has 0 unspecified atom stereocenters. The number of para-hydroxylation sites is 1. The smallest absolute Gasteiger partial charge is 0.276 e. The van der Waals surface area contributed by atoms with Gasteiger partial charge < -0.3 is 15.2 Å². The van der Waals surface area contributed by atoms with Gasteiger partial charge in [-0.2, -0.15) is 5.10 Å². The van der Waals surface area contributed by atoms with Gasteiger partial charge >= 0.3 is 0 Å². The Morgan fingerprint density at radius 2 is 1.67 bits per heavy atom. The molecule has 0 aliphatic rings. The first-order valence-corrected chi connectivity index (χ1v) is 10.2. The molecule has 0 bridgehead atoms. The van der Waals surface area contributed by atoms with Gasteiger partial charge in [0.25, 0.3) is 25.2 Å². The standard InChI is InChI=1S/C23H19F6N3O4/c1-32-10-15(19(33)18(31-32)14-4-2-3-5-16(14)36-11-17(24)25)20(34)30-13-8-6-12(7-9-13)23(35,21(26)27)22(28)29/h2-10,17,21-22,35H,11H2,1H3,(H,30,34). The van der Waals surface area contributed by atoms with Crippen LogP contribution in [0.15, 0.2) is 59.5 Å². The second-order valence-electron chi connectivity index (χ2n) is 7.55. The Morgan fingerprint density at radius 1 is 1.06 bits per heavy atom. The molecule has 0 fully saturated rings. The predicted molar refractivity (Wildman–Crippen MR) is 117 cm³/mol. The number of hydrogen-bond acceptors (Lipinski definition) is 5. The molecule has 7 nitrogen and oxygen atoms in total. The quantitative estimate of drug-likeness (QED) is 0.420. The second kappa shape index (κ2) is 10.8. The zero-order chi connectivity index (χ0) is 26.6. The van der Waals surface area contributed by atoms with E-state index < -0.39 is 53.9 Å². The molecule has 2 aromatic carbocycles. The van der Waals surface area contributed by atoms with Gasteiger partial charge in [-0.1, -0.05) is 24.3 Å². The second-order valence-corrected chi connectivity index (χ2v) is 7.55. The lowest BCUT2D eigenvalue weighted by atomic mass is 9.94. The van der Waals surface area contributed by atoms with E-state index in [1.165, 1.54) is 31.3 Å². The highest BCUT2D eigenvalue weighted by molar-refractivity contribution is 6.04. The van der Waals surface area contributed by atoms with Crippen molar-refractivity contribution < 1.29 is 41.0 Å². The fourth-order valence-electron chi connectivity index (χ4n) is 3.25. The SMILES string of the molecule is Cn1cc(C(=O)Nc2ccc(C(O)(C(F)F)C(F)F)cc2)c(=O)c(-c2ccccc2OCC(F)F)n1. The van der Waals surface area contributed by atoms with Gasteiger partial charge in [0.15, 0.2) is 0 Å². The minimum atomic E-state index is -3.77. The molecule has 1 aromatic heterocycles. The highest BCUT2D eigenvalue weighted by atomic mass is 19.3. The maximum Gasteiger partial charge on any atom is 0.276 e. The van der Waals surface area contributed by atoms with Crippen molar-refractivity contribution in [1.29, 1.82) is 0 Å². The first-order valence-electron chi connectivity index (χ1n) is 10.2. The van der Waals surface area contributed by atoms with E-state index in [1.54, 1.807) is 0 Å². The van der Waals surface area contributed by atoms with Crippen LogP contribution >= 0.6 is 0 Å². The summed E-state index contributed by atoms with van der Waals surface area (Å²) in [6, 6.07) is 9.36. The van der Waals surface area contributed by atoms with Crippen molar-refractivity contribution in [3.8, 4) is 17.0 Å². The summed E-state index contributed by atoms with van der Waals surface area (Å²) in [7, 11) is 1.41. The Morgan fingerprint density at radius 3 is 2.25 bits per heavy atom.